The van der Waals surface area contributed by atoms with Gasteiger partial charge in [-0.15, -0.1) is 5.10 Å². The predicted octanol–water partition coefficient (Wildman–Crippen LogP) is -0.390. The van der Waals surface area contributed by atoms with E-state index >= 15 is 0 Å². The number of fused-ring (bicyclic) bond motifs is 1. The fourth-order valence-corrected chi connectivity index (χ4v) is 2.48. The van der Waals surface area contributed by atoms with Crippen molar-refractivity contribution in [2.24, 2.45) is 5.10 Å². The minimum absolute atomic E-state index is 0.0993. The van der Waals surface area contributed by atoms with E-state index in [-0.39, 0.29) is 17.5 Å². The number of pyridine rings is 1. The molecule has 0 saturated heterocycles. The van der Waals surface area contributed by atoms with Gasteiger partial charge in [-0.2, -0.15) is 5.10 Å². The number of nitrogens with one attached hydrogen (secondary N) is 1. The molecule has 0 atom stereocenters. The average molecular weight is 330 g/mol. The van der Waals surface area contributed by atoms with Crippen molar-refractivity contribution in [2.75, 3.05) is 13.6 Å². The van der Waals surface area contributed by atoms with E-state index < -0.39 is 0 Å². The van der Waals surface area contributed by atoms with Gasteiger partial charge in [0.1, 0.15) is 5.71 Å². The van der Waals surface area contributed by atoms with E-state index in [2.05, 4.69) is 15.5 Å². The molecule has 0 fully saturated rings. The van der Waals surface area contributed by atoms with E-state index in [1.807, 2.05) is 6.07 Å². The van der Waals surface area contributed by atoms with Gasteiger partial charge in [-0.3, -0.25) is 14.0 Å². The summed E-state index contributed by atoms with van der Waals surface area (Å²) in [5.74, 6) is -0.380. The summed E-state index contributed by atoms with van der Waals surface area (Å²) in [5, 5.41) is 12.1. The zero-order chi connectivity index (χ0) is 17.1. The lowest BCUT2D eigenvalue weighted by Crippen LogP contribution is -2.38. The minimum Gasteiger partial charge on any atom is -0.351 e. The Morgan fingerprint density at radius 3 is 2.88 bits per heavy atom. The van der Waals surface area contributed by atoms with Gasteiger partial charge < -0.3 is 5.32 Å². The van der Waals surface area contributed by atoms with Gasteiger partial charge in [0.15, 0.2) is 5.65 Å². The van der Waals surface area contributed by atoms with Crippen molar-refractivity contribution in [3.05, 3.63) is 34.9 Å². The molecule has 0 bridgehead atoms. The molecule has 0 aromatic carbocycles. The first kappa shape index (κ1) is 15.9. The van der Waals surface area contributed by atoms with Crippen molar-refractivity contribution < 1.29 is 9.59 Å². The molecule has 3 heterocycles. The maximum Gasteiger partial charge on any atom is 0.350 e. The van der Waals surface area contributed by atoms with E-state index in [4.69, 9.17) is 0 Å². The maximum atomic E-state index is 12.1. The van der Waals surface area contributed by atoms with Gasteiger partial charge in [-0.1, -0.05) is 6.07 Å². The largest absolute Gasteiger partial charge is 0.351 e. The van der Waals surface area contributed by atoms with Crippen LogP contribution in [0.5, 0.6) is 0 Å². The number of amides is 2. The average Bonchev–Trinajstić information content (AvgIpc) is 2.90. The maximum absolute atomic E-state index is 12.1. The van der Waals surface area contributed by atoms with Crippen LogP contribution in [-0.2, 0) is 16.1 Å². The third-order valence-corrected chi connectivity index (χ3v) is 3.79. The van der Waals surface area contributed by atoms with Crippen molar-refractivity contribution in [1.29, 1.82) is 0 Å². The van der Waals surface area contributed by atoms with Gasteiger partial charge in [0.25, 0.3) is 5.91 Å². The van der Waals surface area contributed by atoms with Crippen molar-refractivity contribution in [3.63, 3.8) is 0 Å². The summed E-state index contributed by atoms with van der Waals surface area (Å²) < 4.78 is 2.86. The van der Waals surface area contributed by atoms with E-state index in [9.17, 15) is 14.4 Å². The Hall–Kier alpha value is -2.97. The summed E-state index contributed by atoms with van der Waals surface area (Å²) in [6.45, 7) is 0.807. The standard InChI is InChI=1S/C15H18N6O3/c1-19-13(22)7-6-11(17-19)14(23)16-8-4-10-21-15(24)20-9-3-2-5-12(20)18-21/h2-3,5,9H,4,6-8,10H2,1H3,(H,16,23). The molecule has 2 aromatic heterocycles. The number of aromatic nitrogens is 3. The lowest BCUT2D eigenvalue weighted by molar-refractivity contribution is -0.130. The van der Waals surface area contributed by atoms with Crippen LogP contribution in [0.2, 0.25) is 0 Å². The van der Waals surface area contributed by atoms with Gasteiger partial charge in [0.05, 0.1) is 0 Å². The smallest absolute Gasteiger partial charge is 0.350 e. The molecule has 0 saturated carbocycles. The molecule has 0 unspecified atom stereocenters. The Balaban J connectivity index is 1.52. The Morgan fingerprint density at radius 1 is 1.29 bits per heavy atom. The first-order valence-corrected chi connectivity index (χ1v) is 7.72. The highest BCUT2D eigenvalue weighted by Gasteiger charge is 2.21. The van der Waals surface area contributed by atoms with Gasteiger partial charge in [-0.25, -0.2) is 14.5 Å². The number of carbonyl (C=O) groups excluding carboxylic acids is 2. The highest BCUT2D eigenvalue weighted by atomic mass is 16.2. The molecule has 126 valence electrons. The van der Waals surface area contributed by atoms with Crippen LogP contribution in [0, 0.1) is 0 Å². The fraction of sp³-hybridized carbons (Fsp3) is 0.400. The molecule has 1 aliphatic heterocycles. The van der Waals surface area contributed by atoms with E-state index in [0.29, 0.717) is 43.7 Å². The second-order valence-electron chi connectivity index (χ2n) is 5.51. The molecule has 24 heavy (non-hydrogen) atoms. The van der Waals surface area contributed by atoms with Crippen LogP contribution < -0.4 is 11.0 Å². The molecule has 0 radical (unpaired) electrons. The number of rotatable bonds is 5. The van der Waals surface area contributed by atoms with Crippen molar-refractivity contribution in [2.45, 2.75) is 25.8 Å². The number of hydrazone groups is 1. The van der Waals surface area contributed by atoms with Crippen LogP contribution in [0.3, 0.4) is 0 Å². The molecular formula is C15H18N6O3. The highest BCUT2D eigenvalue weighted by molar-refractivity contribution is 6.39. The van der Waals surface area contributed by atoms with Crippen molar-refractivity contribution in [3.8, 4) is 0 Å². The first-order chi connectivity index (χ1) is 11.6. The van der Waals surface area contributed by atoms with Crippen molar-refractivity contribution >= 4 is 23.2 Å². The van der Waals surface area contributed by atoms with Crippen LogP contribution in [0.25, 0.3) is 5.65 Å². The number of nitrogens with zero attached hydrogens (tertiary/aromatic N) is 5. The zero-order valence-corrected chi connectivity index (χ0v) is 13.3. The van der Waals surface area contributed by atoms with E-state index in [0.717, 1.165) is 0 Å². The summed E-state index contributed by atoms with van der Waals surface area (Å²) in [6.07, 6.45) is 2.87. The van der Waals surface area contributed by atoms with E-state index in [1.54, 1.807) is 18.3 Å². The number of carbonyl (C=O) groups is 2. The Labute approximate surface area is 137 Å². The summed E-state index contributed by atoms with van der Waals surface area (Å²) in [6, 6.07) is 5.35. The topological polar surface area (TPSA) is 101 Å². The van der Waals surface area contributed by atoms with Crippen LogP contribution in [0.15, 0.2) is 34.3 Å². The highest BCUT2D eigenvalue weighted by Crippen LogP contribution is 2.06. The first-order valence-electron chi connectivity index (χ1n) is 7.72. The molecule has 0 aliphatic carbocycles. The summed E-state index contributed by atoms with van der Waals surface area (Å²) in [7, 11) is 1.53. The fourth-order valence-electron chi connectivity index (χ4n) is 2.48. The molecule has 1 aliphatic rings. The van der Waals surface area contributed by atoms with Crippen LogP contribution in [0.1, 0.15) is 19.3 Å². The number of hydrogen-bond acceptors (Lipinski definition) is 5. The Morgan fingerprint density at radius 2 is 2.12 bits per heavy atom. The van der Waals surface area contributed by atoms with Crippen LogP contribution in [-0.4, -0.2) is 50.3 Å². The molecule has 9 nitrogen and oxygen atoms in total. The molecule has 1 N–H and O–H groups in total. The quantitative estimate of drug-likeness (QED) is 0.755. The minimum atomic E-state index is -0.281. The summed E-state index contributed by atoms with van der Waals surface area (Å²) >= 11 is 0. The van der Waals surface area contributed by atoms with Crippen molar-refractivity contribution in [1.82, 2.24) is 24.5 Å². The summed E-state index contributed by atoms with van der Waals surface area (Å²) in [5.41, 5.74) is 0.742. The molecule has 9 heteroatoms. The SMILES string of the molecule is CN1N=C(C(=O)NCCCn2nc3ccccn3c2=O)CCC1=O. The third-order valence-electron chi connectivity index (χ3n) is 3.79. The third kappa shape index (κ3) is 3.19. The van der Waals surface area contributed by atoms with Crippen LogP contribution in [0.4, 0.5) is 0 Å². The molecule has 3 rings (SSSR count). The Bertz CT molecular complexity index is 865. The van der Waals surface area contributed by atoms with Crippen LogP contribution >= 0.6 is 0 Å². The second-order valence-corrected chi connectivity index (χ2v) is 5.51. The lowest BCUT2D eigenvalue weighted by atomic mass is 10.1. The molecule has 2 aromatic rings. The monoisotopic (exact) mass is 330 g/mol. The number of hydrogen-bond donors (Lipinski definition) is 1. The van der Waals surface area contributed by atoms with Gasteiger partial charge in [0, 0.05) is 39.2 Å². The summed E-state index contributed by atoms with van der Waals surface area (Å²) in [4.78, 5) is 35.4. The Kier molecular flexibility index (Phi) is 4.41. The second kappa shape index (κ2) is 6.65. The normalized spacial score (nSPS) is 14.8. The lowest BCUT2D eigenvalue weighted by Gasteiger charge is -2.18. The zero-order valence-electron chi connectivity index (χ0n) is 13.3. The predicted molar refractivity (Wildman–Crippen MR) is 86.5 cm³/mol. The molecule has 0 spiro atoms. The van der Waals surface area contributed by atoms with Gasteiger partial charge >= 0.3 is 5.69 Å². The molecule has 2 amide bonds. The van der Waals surface area contributed by atoms with Gasteiger partial charge in [-0.05, 0) is 18.6 Å². The van der Waals surface area contributed by atoms with Gasteiger partial charge in [0.2, 0.25) is 5.91 Å². The van der Waals surface area contributed by atoms with E-state index in [1.165, 1.54) is 21.1 Å². The number of aryl methyl sites for hydroxylation is 1. The molecular weight excluding hydrogens is 312 g/mol.